The molecule has 1 aliphatic rings. The molecule has 20 heavy (non-hydrogen) atoms. The molecule has 0 amide bonds. The zero-order valence-electron chi connectivity index (χ0n) is 11.6. The van der Waals surface area contributed by atoms with Crippen molar-refractivity contribution in [2.45, 2.75) is 43.9 Å². The van der Waals surface area contributed by atoms with Crippen molar-refractivity contribution in [2.75, 3.05) is 5.75 Å². The molecular weight excluding hydrogens is 276 g/mol. The summed E-state index contributed by atoms with van der Waals surface area (Å²) in [4.78, 5) is 11.2. The predicted octanol–water partition coefficient (Wildman–Crippen LogP) is 2.91. The van der Waals surface area contributed by atoms with Gasteiger partial charge in [-0.15, -0.1) is 0 Å². The quantitative estimate of drug-likeness (QED) is 0.907. The molecule has 0 aliphatic heterocycles. The topological polar surface area (TPSA) is 71.4 Å². The van der Waals surface area contributed by atoms with Gasteiger partial charge in [-0.25, -0.2) is 13.2 Å². The summed E-state index contributed by atoms with van der Waals surface area (Å²) in [6.07, 6.45) is 4.68. The molecule has 2 rings (SSSR count). The number of hydrogen-bond donors (Lipinski definition) is 1. The van der Waals surface area contributed by atoms with Gasteiger partial charge in [0.2, 0.25) is 0 Å². The maximum absolute atomic E-state index is 12.5. The molecule has 1 aliphatic carbocycles. The maximum Gasteiger partial charge on any atom is 0.335 e. The summed E-state index contributed by atoms with van der Waals surface area (Å²) < 4.78 is 25.1. The molecule has 0 spiro atoms. The van der Waals surface area contributed by atoms with Crippen LogP contribution in [0.25, 0.3) is 0 Å². The van der Waals surface area contributed by atoms with Crippen molar-refractivity contribution < 1.29 is 18.3 Å². The maximum atomic E-state index is 12.5. The zero-order valence-corrected chi connectivity index (χ0v) is 12.4. The van der Waals surface area contributed by atoms with Gasteiger partial charge in [0.05, 0.1) is 16.2 Å². The van der Waals surface area contributed by atoms with Crippen molar-refractivity contribution >= 4 is 15.8 Å². The number of rotatable bonds is 5. The number of sulfone groups is 1. The second kappa shape index (κ2) is 5.95. The van der Waals surface area contributed by atoms with Gasteiger partial charge in [-0.3, -0.25) is 0 Å². The van der Waals surface area contributed by atoms with Gasteiger partial charge in [0.25, 0.3) is 0 Å². The van der Waals surface area contributed by atoms with Gasteiger partial charge in [0.15, 0.2) is 9.84 Å². The first kappa shape index (κ1) is 15.0. The smallest absolute Gasteiger partial charge is 0.335 e. The van der Waals surface area contributed by atoms with E-state index in [1.807, 2.05) is 6.92 Å². The molecule has 5 heteroatoms. The van der Waals surface area contributed by atoms with E-state index in [0.29, 0.717) is 12.0 Å². The lowest BCUT2D eigenvalue weighted by atomic mass is 10.1. The van der Waals surface area contributed by atoms with Crippen LogP contribution in [0.5, 0.6) is 0 Å². The van der Waals surface area contributed by atoms with Gasteiger partial charge in [0.1, 0.15) is 0 Å². The van der Waals surface area contributed by atoms with Gasteiger partial charge in [-0.1, -0.05) is 25.8 Å². The zero-order chi connectivity index (χ0) is 14.8. The first-order valence-electron chi connectivity index (χ1n) is 7.03. The monoisotopic (exact) mass is 296 g/mol. The minimum absolute atomic E-state index is 0.0344. The Balaban J connectivity index is 2.37. The third-order valence-electron chi connectivity index (χ3n) is 3.96. The van der Waals surface area contributed by atoms with E-state index in [1.165, 1.54) is 12.1 Å². The van der Waals surface area contributed by atoms with Crippen LogP contribution in [-0.4, -0.2) is 25.2 Å². The fourth-order valence-corrected chi connectivity index (χ4v) is 4.90. The molecule has 4 nitrogen and oxygen atoms in total. The number of carboxylic acid groups (broad SMARTS) is 1. The van der Waals surface area contributed by atoms with Crippen LogP contribution in [0.15, 0.2) is 23.1 Å². The third-order valence-corrected chi connectivity index (χ3v) is 5.92. The second-order valence-electron chi connectivity index (χ2n) is 5.41. The molecule has 1 aromatic rings. The van der Waals surface area contributed by atoms with Crippen LogP contribution < -0.4 is 0 Å². The summed E-state index contributed by atoms with van der Waals surface area (Å²) in [5.74, 6) is -0.730. The minimum Gasteiger partial charge on any atom is -0.478 e. The molecule has 0 radical (unpaired) electrons. The molecular formula is C15H20O4S. The summed E-state index contributed by atoms with van der Waals surface area (Å²) in [5, 5.41) is 9.03. The van der Waals surface area contributed by atoms with Gasteiger partial charge in [-0.2, -0.15) is 0 Å². The lowest BCUT2D eigenvalue weighted by Gasteiger charge is -2.13. The predicted molar refractivity (Wildman–Crippen MR) is 76.8 cm³/mol. The molecule has 0 bridgehead atoms. The second-order valence-corrected chi connectivity index (χ2v) is 7.42. The fourth-order valence-electron chi connectivity index (χ4n) is 2.85. The highest BCUT2D eigenvalue weighted by Crippen LogP contribution is 2.29. The lowest BCUT2D eigenvalue weighted by Crippen LogP contribution is -2.16. The highest BCUT2D eigenvalue weighted by molar-refractivity contribution is 7.91. The van der Waals surface area contributed by atoms with E-state index in [9.17, 15) is 13.2 Å². The average Bonchev–Trinajstić information content (AvgIpc) is 2.90. The van der Waals surface area contributed by atoms with Crippen molar-refractivity contribution in [1.29, 1.82) is 0 Å². The number of carboxylic acids is 1. The van der Waals surface area contributed by atoms with Crippen molar-refractivity contribution in [2.24, 2.45) is 5.92 Å². The largest absolute Gasteiger partial charge is 0.478 e. The minimum atomic E-state index is -3.41. The molecule has 1 fully saturated rings. The third kappa shape index (κ3) is 3.20. The van der Waals surface area contributed by atoms with E-state index >= 15 is 0 Å². The van der Waals surface area contributed by atoms with Crippen molar-refractivity contribution in [3.63, 3.8) is 0 Å². The Morgan fingerprint density at radius 3 is 2.50 bits per heavy atom. The van der Waals surface area contributed by atoms with Crippen LogP contribution in [-0.2, 0) is 16.3 Å². The molecule has 1 aromatic carbocycles. The van der Waals surface area contributed by atoms with Crippen molar-refractivity contribution in [3.05, 3.63) is 29.3 Å². The summed E-state index contributed by atoms with van der Waals surface area (Å²) in [5.41, 5.74) is 0.736. The molecule has 0 saturated heterocycles. The summed E-state index contributed by atoms with van der Waals surface area (Å²) in [6, 6.07) is 4.40. The van der Waals surface area contributed by atoms with Crippen molar-refractivity contribution in [1.82, 2.24) is 0 Å². The van der Waals surface area contributed by atoms with Crippen LogP contribution in [0.3, 0.4) is 0 Å². The summed E-state index contributed by atoms with van der Waals surface area (Å²) >= 11 is 0. The van der Waals surface area contributed by atoms with Gasteiger partial charge in [0, 0.05) is 0 Å². The first-order valence-corrected chi connectivity index (χ1v) is 8.68. The molecule has 110 valence electrons. The fraction of sp³-hybridized carbons (Fsp3) is 0.533. The molecule has 0 heterocycles. The molecule has 0 atom stereocenters. The standard InChI is InChI=1S/C15H20O4S/c1-2-12-7-8-13(15(16)17)9-14(12)20(18,19)10-11-5-3-4-6-11/h7-9,11H,2-6,10H2,1H3,(H,16,17). The van der Waals surface area contributed by atoms with E-state index < -0.39 is 15.8 Å². The van der Waals surface area contributed by atoms with E-state index in [4.69, 9.17) is 5.11 Å². The van der Waals surface area contributed by atoms with Crippen LogP contribution in [0.1, 0.15) is 48.5 Å². The highest BCUT2D eigenvalue weighted by atomic mass is 32.2. The Morgan fingerprint density at radius 2 is 1.95 bits per heavy atom. The Bertz CT molecular complexity index is 598. The Kier molecular flexibility index (Phi) is 4.48. The van der Waals surface area contributed by atoms with E-state index in [-0.39, 0.29) is 22.1 Å². The Labute approximate surface area is 119 Å². The first-order chi connectivity index (χ1) is 9.44. The van der Waals surface area contributed by atoms with Gasteiger partial charge < -0.3 is 5.11 Å². The summed E-state index contributed by atoms with van der Waals surface area (Å²) in [6.45, 7) is 1.88. The number of hydrogen-bond acceptors (Lipinski definition) is 3. The van der Waals surface area contributed by atoms with Gasteiger partial charge in [-0.05, 0) is 42.9 Å². The summed E-state index contributed by atoms with van der Waals surface area (Å²) in [7, 11) is -3.41. The van der Waals surface area contributed by atoms with E-state index in [0.717, 1.165) is 25.7 Å². The number of aryl methyl sites for hydroxylation is 1. The number of aromatic carboxylic acids is 1. The normalized spacial score (nSPS) is 16.4. The van der Waals surface area contributed by atoms with Crippen LogP contribution in [0.4, 0.5) is 0 Å². The molecule has 0 unspecified atom stereocenters. The van der Waals surface area contributed by atoms with Gasteiger partial charge >= 0.3 is 5.97 Å². The average molecular weight is 296 g/mol. The van der Waals surface area contributed by atoms with E-state index in [2.05, 4.69) is 0 Å². The van der Waals surface area contributed by atoms with Crippen LogP contribution in [0.2, 0.25) is 0 Å². The molecule has 0 aromatic heterocycles. The number of carbonyl (C=O) groups is 1. The SMILES string of the molecule is CCc1ccc(C(=O)O)cc1S(=O)(=O)CC1CCCC1. The van der Waals surface area contributed by atoms with E-state index in [1.54, 1.807) is 6.07 Å². The highest BCUT2D eigenvalue weighted by Gasteiger charge is 2.26. The Morgan fingerprint density at radius 1 is 1.30 bits per heavy atom. The molecule has 1 saturated carbocycles. The Hall–Kier alpha value is -1.36. The molecule has 1 N–H and O–H groups in total. The van der Waals surface area contributed by atoms with Crippen LogP contribution in [0, 0.1) is 5.92 Å². The number of benzene rings is 1. The van der Waals surface area contributed by atoms with Crippen LogP contribution >= 0.6 is 0 Å². The van der Waals surface area contributed by atoms with Crippen molar-refractivity contribution in [3.8, 4) is 0 Å². The lowest BCUT2D eigenvalue weighted by molar-refractivity contribution is 0.0696.